The lowest BCUT2D eigenvalue weighted by Gasteiger charge is -2.10. The molecule has 1 aromatic heterocycles. The van der Waals surface area contributed by atoms with Crippen LogP contribution in [0.3, 0.4) is 0 Å². The Labute approximate surface area is 74.1 Å². The number of nitrogens with one attached hydrogen (secondary N) is 1. The maximum absolute atomic E-state index is 10.6. The molecule has 0 saturated heterocycles. The van der Waals surface area contributed by atoms with E-state index in [2.05, 4.69) is 15.3 Å². The molecule has 0 radical (unpaired) electrons. The molecule has 13 heavy (non-hydrogen) atoms. The van der Waals surface area contributed by atoms with Crippen molar-refractivity contribution >= 4 is 23.7 Å². The van der Waals surface area contributed by atoms with E-state index in [9.17, 15) is 4.79 Å². The van der Waals surface area contributed by atoms with Crippen LogP contribution in [0.2, 0.25) is 0 Å². The van der Waals surface area contributed by atoms with Crippen LogP contribution in [-0.2, 0) is 0 Å². The van der Waals surface area contributed by atoms with Crippen molar-refractivity contribution in [3.63, 3.8) is 0 Å². The van der Waals surface area contributed by atoms with Gasteiger partial charge < -0.3 is 10.4 Å². The number of aromatic nitrogens is 1. The second-order valence-electron chi connectivity index (χ2n) is 2.59. The Morgan fingerprint density at radius 2 is 2.46 bits per heavy atom. The van der Waals surface area contributed by atoms with Gasteiger partial charge in [0.2, 0.25) is 0 Å². The van der Waals surface area contributed by atoms with E-state index in [1.165, 1.54) is 12.3 Å². The lowest BCUT2D eigenvalue weighted by Crippen LogP contribution is -2.09. The molecule has 1 aliphatic heterocycles. The average Bonchev–Trinajstić information content (AvgIpc) is 2.17. The normalized spacial score (nSPS) is 13.2. The molecule has 0 bridgehead atoms. The zero-order valence-corrected chi connectivity index (χ0v) is 6.69. The van der Waals surface area contributed by atoms with Gasteiger partial charge in [-0.1, -0.05) is 0 Å². The molecule has 1 aliphatic rings. The van der Waals surface area contributed by atoms with Crippen LogP contribution in [0.4, 0.5) is 11.5 Å². The molecule has 5 nitrogen and oxygen atoms in total. The molecular formula is C8H7N3O2. The largest absolute Gasteiger partial charge is 0.478 e. The second-order valence-corrected chi connectivity index (χ2v) is 2.59. The molecule has 0 fully saturated rings. The number of aromatic carboxylic acids is 1. The number of anilines is 1. The number of nitrogens with zero attached hydrogens (tertiary/aromatic N) is 2. The summed E-state index contributed by atoms with van der Waals surface area (Å²) in [5.41, 5.74) is 0.728. The fourth-order valence-electron chi connectivity index (χ4n) is 1.09. The van der Waals surface area contributed by atoms with E-state index < -0.39 is 5.97 Å². The third-order valence-electron chi connectivity index (χ3n) is 1.71. The Hall–Kier alpha value is -1.91. The zero-order chi connectivity index (χ0) is 9.26. The number of rotatable bonds is 1. The van der Waals surface area contributed by atoms with E-state index in [1.54, 1.807) is 6.21 Å². The maximum atomic E-state index is 10.6. The lowest BCUT2D eigenvalue weighted by molar-refractivity contribution is 0.0696. The smallest absolute Gasteiger partial charge is 0.337 e. The van der Waals surface area contributed by atoms with Gasteiger partial charge in [0.25, 0.3) is 0 Å². The van der Waals surface area contributed by atoms with Crippen molar-refractivity contribution in [1.82, 2.24) is 4.98 Å². The quantitative estimate of drug-likeness (QED) is 0.668. The van der Waals surface area contributed by atoms with Crippen LogP contribution < -0.4 is 5.32 Å². The number of fused-ring (bicyclic) bond motifs is 1. The fourth-order valence-corrected chi connectivity index (χ4v) is 1.09. The van der Waals surface area contributed by atoms with Crippen molar-refractivity contribution in [3.8, 4) is 0 Å². The van der Waals surface area contributed by atoms with Gasteiger partial charge in [0.1, 0.15) is 5.69 Å². The van der Waals surface area contributed by atoms with Crippen LogP contribution in [0.5, 0.6) is 0 Å². The number of carboxylic acids is 1. The average molecular weight is 177 g/mol. The topological polar surface area (TPSA) is 74.6 Å². The van der Waals surface area contributed by atoms with Gasteiger partial charge in [-0.05, 0) is 6.07 Å². The van der Waals surface area contributed by atoms with E-state index >= 15 is 0 Å². The number of pyridine rings is 1. The van der Waals surface area contributed by atoms with Crippen molar-refractivity contribution in [1.29, 1.82) is 0 Å². The number of carboxylic acid groups (broad SMARTS) is 1. The van der Waals surface area contributed by atoms with Crippen molar-refractivity contribution in [2.24, 2.45) is 4.99 Å². The van der Waals surface area contributed by atoms with Crippen LogP contribution in [0.1, 0.15) is 10.4 Å². The first-order valence-corrected chi connectivity index (χ1v) is 3.77. The SMILES string of the molecule is O=C(O)c1cnc2c(c1)N=CCN2. The first-order valence-electron chi connectivity index (χ1n) is 3.77. The summed E-state index contributed by atoms with van der Waals surface area (Å²) in [6.07, 6.45) is 2.99. The summed E-state index contributed by atoms with van der Waals surface area (Å²) < 4.78 is 0. The molecule has 2 rings (SSSR count). The monoisotopic (exact) mass is 177 g/mol. The van der Waals surface area contributed by atoms with E-state index in [4.69, 9.17) is 5.11 Å². The van der Waals surface area contributed by atoms with Crippen molar-refractivity contribution in [2.75, 3.05) is 11.9 Å². The molecule has 0 unspecified atom stereocenters. The molecule has 66 valence electrons. The Balaban J connectivity index is 2.48. The molecule has 5 heteroatoms. The van der Waals surface area contributed by atoms with Crippen molar-refractivity contribution < 1.29 is 9.90 Å². The summed E-state index contributed by atoms with van der Waals surface area (Å²) in [6.45, 7) is 0.631. The van der Waals surface area contributed by atoms with Gasteiger partial charge in [-0.15, -0.1) is 0 Å². The lowest BCUT2D eigenvalue weighted by atomic mass is 10.2. The van der Waals surface area contributed by atoms with Crippen LogP contribution in [0.25, 0.3) is 0 Å². The molecular weight excluding hydrogens is 170 g/mol. The Bertz CT molecular complexity index is 387. The highest BCUT2D eigenvalue weighted by Crippen LogP contribution is 2.24. The molecule has 0 aliphatic carbocycles. The summed E-state index contributed by atoms with van der Waals surface area (Å²) >= 11 is 0. The van der Waals surface area contributed by atoms with E-state index in [-0.39, 0.29) is 5.56 Å². The number of hydrogen-bond acceptors (Lipinski definition) is 4. The Morgan fingerprint density at radius 1 is 1.62 bits per heavy atom. The summed E-state index contributed by atoms with van der Waals surface area (Å²) in [4.78, 5) is 18.5. The van der Waals surface area contributed by atoms with Gasteiger partial charge in [-0.3, -0.25) is 4.99 Å². The number of hydrogen-bond donors (Lipinski definition) is 2. The third kappa shape index (κ3) is 1.35. The van der Waals surface area contributed by atoms with Gasteiger partial charge in [0, 0.05) is 12.4 Å². The first kappa shape index (κ1) is 7.72. The van der Waals surface area contributed by atoms with Crippen LogP contribution in [-0.4, -0.2) is 28.8 Å². The van der Waals surface area contributed by atoms with Gasteiger partial charge >= 0.3 is 5.97 Å². The van der Waals surface area contributed by atoms with Crippen molar-refractivity contribution in [3.05, 3.63) is 17.8 Å². The summed E-state index contributed by atoms with van der Waals surface area (Å²) in [7, 11) is 0. The highest BCUT2D eigenvalue weighted by Gasteiger charge is 2.10. The summed E-state index contributed by atoms with van der Waals surface area (Å²) in [6, 6.07) is 1.49. The highest BCUT2D eigenvalue weighted by molar-refractivity contribution is 5.90. The summed E-state index contributed by atoms with van der Waals surface area (Å²) in [5, 5.41) is 11.6. The second kappa shape index (κ2) is 2.85. The zero-order valence-electron chi connectivity index (χ0n) is 6.69. The van der Waals surface area contributed by atoms with Crippen LogP contribution in [0, 0.1) is 0 Å². The van der Waals surface area contributed by atoms with Gasteiger partial charge in [-0.25, -0.2) is 9.78 Å². The van der Waals surface area contributed by atoms with E-state index in [1.807, 2.05) is 0 Å². The van der Waals surface area contributed by atoms with Crippen LogP contribution >= 0.6 is 0 Å². The van der Waals surface area contributed by atoms with E-state index in [0.29, 0.717) is 18.1 Å². The predicted molar refractivity (Wildman–Crippen MR) is 47.8 cm³/mol. The minimum Gasteiger partial charge on any atom is -0.478 e. The number of carbonyl (C=O) groups is 1. The van der Waals surface area contributed by atoms with E-state index in [0.717, 1.165) is 0 Å². The standard InChI is InChI=1S/C8H7N3O2/c12-8(13)5-3-6-7(11-4-5)10-2-1-9-6/h1,3-4H,2H2,(H,10,11)(H,12,13). The van der Waals surface area contributed by atoms with Gasteiger partial charge in [0.05, 0.1) is 12.1 Å². The molecule has 0 atom stereocenters. The molecule has 2 N–H and O–H groups in total. The summed E-state index contributed by atoms with van der Waals surface area (Å²) in [5.74, 6) is -0.358. The Morgan fingerprint density at radius 3 is 3.23 bits per heavy atom. The number of aliphatic imine (C=N–C) groups is 1. The molecule has 0 amide bonds. The molecule has 2 heterocycles. The first-order chi connectivity index (χ1) is 6.27. The minimum atomic E-state index is -0.990. The predicted octanol–water partition coefficient (Wildman–Crippen LogP) is 0.908. The molecule has 0 spiro atoms. The molecule has 1 aromatic rings. The maximum Gasteiger partial charge on any atom is 0.337 e. The highest BCUT2D eigenvalue weighted by atomic mass is 16.4. The minimum absolute atomic E-state index is 0.152. The van der Waals surface area contributed by atoms with Gasteiger partial charge in [-0.2, -0.15) is 0 Å². The van der Waals surface area contributed by atoms with Crippen molar-refractivity contribution in [2.45, 2.75) is 0 Å². The molecule has 0 aromatic carbocycles. The molecule has 0 saturated carbocycles. The fraction of sp³-hybridized carbons (Fsp3) is 0.125. The third-order valence-corrected chi connectivity index (χ3v) is 1.71. The Kier molecular flexibility index (Phi) is 1.70. The van der Waals surface area contributed by atoms with Crippen LogP contribution in [0.15, 0.2) is 17.3 Å². The van der Waals surface area contributed by atoms with Gasteiger partial charge in [0.15, 0.2) is 5.82 Å².